The molecule has 1 aromatic carbocycles. The van der Waals surface area contributed by atoms with Gasteiger partial charge in [0.2, 0.25) is 0 Å². The number of anilines is 1. The van der Waals surface area contributed by atoms with E-state index in [2.05, 4.69) is 34.6 Å². The lowest BCUT2D eigenvalue weighted by Gasteiger charge is -2.14. The minimum absolute atomic E-state index is 0.157. The zero-order valence-corrected chi connectivity index (χ0v) is 12.2. The largest absolute Gasteiger partial charge is 0.487 e. The molecule has 0 aliphatic heterocycles. The molecule has 0 aliphatic rings. The third-order valence-electron chi connectivity index (χ3n) is 2.91. The van der Waals surface area contributed by atoms with Gasteiger partial charge in [0.1, 0.15) is 0 Å². The van der Waals surface area contributed by atoms with Crippen molar-refractivity contribution >= 4 is 5.82 Å². The summed E-state index contributed by atoms with van der Waals surface area (Å²) < 4.78 is 5.74. The zero-order valence-electron chi connectivity index (χ0n) is 12.2. The van der Waals surface area contributed by atoms with Gasteiger partial charge in [-0.05, 0) is 44.4 Å². The topological polar surface area (TPSA) is 34.1 Å². The van der Waals surface area contributed by atoms with Crippen LogP contribution in [-0.4, -0.2) is 17.6 Å². The summed E-state index contributed by atoms with van der Waals surface area (Å²) in [5.41, 5.74) is 1.37. The second-order valence-corrected chi connectivity index (χ2v) is 5.03. The molecule has 1 N–H and O–H groups in total. The van der Waals surface area contributed by atoms with E-state index in [1.165, 1.54) is 5.56 Å². The molecule has 3 nitrogen and oxygen atoms in total. The first-order chi connectivity index (χ1) is 9.75. The molecule has 2 rings (SSSR count). The standard InChI is InChI=1S/C17H22N2O/c1-14(2)20-16-11-7-13-19-17(16)18-12-6-10-15-8-4-3-5-9-15/h3-5,7-9,11,13-14H,6,10,12H2,1-2H3,(H,18,19). The van der Waals surface area contributed by atoms with Crippen molar-refractivity contribution in [2.24, 2.45) is 0 Å². The van der Waals surface area contributed by atoms with Crippen molar-refractivity contribution in [2.75, 3.05) is 11.9 Å². The van der Waals surface area contributed by atoms with Crippen molar-refractivity contribution in [3.05, 3.63) is 54.2 Å². The van der Waals surface area contributed by atoms with E-state index < -0.39 is 0 Å². The molecular formula is C17H22N2O. The predicted molar refractivity (Wildman–Crippen MR) is 83.3 cm³/mol. The molecule has 0 saturated carbocycles. The highest BCUT2D eigenvalue weighted by molar-refractivity contribution is 5.49. The number of ether oxygens (including phenoxy) is 1. The minimum atomic E-state index is 0.157. The average Bonchev–Trinajstić information content (AvgIpc) is 2.46. The van der Waals surface area contributed by atoms with Crippen molar-refractivity contribution in [1.29, 1.82) is 0 Å². The normalized spacial score (nSPS) is 10.6. The fraction of sp³-hybridized carbons (Fsp3) is 0.353. The van der Waals surface area contributed by atoms with Gasteiger partial charge in [-0.15, -0.1) is 0 Å². The van der Waals surface area contributed by atoms with Crippen LogP contribution in [0.3, 0.4) is 0 Å². The Morgan fingerprint density at radius 1 is 1.10 bits per heavy atom. The molecule has 0 saturated heterocycles. The maximum absolute atomic E-state index is 5.74. The van der Waals surface area contributed by atoms with Gasteiger partial charge in [-0.3, -0.25) is 0 Å². The number of aromatic nitrogens is 1. The van der Waals surface area contributed by atoms with Crippen LogP contribution in [0.1, 0.15) is 25.8 Å². The summed E-state index contributed by atoms with van der Waals surface area (Å²) in [6.45, 7) is 4.93. The van der Waals surface area contributed by atoms with Crippen LogP contribution in [0, 0.1) is 0 Å². The van der Waals surface area contributed by atoms with E-state index in [1.54, 1.807) is 6.20 Å². The van der Waals surface area contributed by atoms with E-state index in [4.69, 9.17) is 4.74 Å². The van der Waals surface area contributed by atoms with Gasteiger partial charge in [-0.1, -0.05) is 30.3 Å². The van der Waals surface area contributed by atoms with E-state index in [1.807, 2.05) is 32.0 Å². The zero-order chi connectivity index (χ0) is 14.2. The smallest absolute Gasteiger partial charge is 0.168 e. The Bertz CT molecular complexity index is 511. The van der Waals surface area contributed by atoms with E-state index in [0.29, 0.717) is 0 Å². The first-order valence-electron chi connectivity index (χ1n) is 7.15. The summed E-state index contributed by atoms with van der Waals surface area (Å²) >= 11 is 0. The first-order valence-corrected chi connectivity index (χ1v) is 7.15. The molecule has 1 heterocycles. The number of hydrogen-bond donors (Lipinski definition) is 1. The Morgan fingerprint density at radius 2 is 1.90 bits per heavy atom. The molecule has 20 heavy (non-hydrogen) atoms. The molecule has 0 aliphatic carbocycles. The van der Waals surface area contributed by atoms with Crippen LogP contribution in [0.25, 0.3) is 0 Å². The molecule has 0 fully saturated rings. The van der Waals surface area contributed by atoms with E-state index >= 15 is 0 Å². The average molecular weight is 270 g/mol. The Labute approximate surface area is 121 Å². The number of pyridine rings is 1. The van der Waals surface area contributed by atoms with Gasteiger partial charge >= 0.3 is 0 Å². The molecule has 0 unspecified atom stereocenters. The van der Waals surface area contributed by atoms with Crippen molar-refractivity contribution in [3.8, 4) is 5.75 Å². The van der Waals surface area contributed by atoms with Crippen LogP contribution in [0.2, 0.25) is 0 Å². The van der Waals surface area contributed by atoms with Crippen molar-refractivity contribution in [1.82, 2.24) is 4.98 Å². The fourth-order valence-corrected chi connectivity index (χ4v) is 2.02. The highest BCUT2D eigenvalue weighted by atomic mass is 16.5. The Hall–Kier alpha value is -2.03. The van der Waals surface area contributed by atoms with Crippen LogP contribution >= 0.6 is 0 Å². The van der Waals surface area contributed by atoms with Gasteiger partial charge in [-0.2, -0.15) is 0 Å². The van der Waals surface area contributed by atoms with E-state index in [0.717, 1.165) is 31.0 Å². The SMILES string of the molecule is CC(C)Oc1cccnc1NCCCc1ccccc1. The van der Waals surface area contributed by atoms with Crippen molar-refractivity contribution < 1.29 is 4.74 Å². The molecule has 0 amide bonds. The number of hydrogen-bond acceptors (Lipinski definition) is 3. The Morgan fingerprint density at radius 3 is 2.65 bits per heavy atom. The van der Waals surface area contributed by atoms with Gasteiger partial charge in [0.05, 0.1) is 6.10 Å². The summed E-state index contributed by atoms with van der Waals surface area (Å²) in [6.07, 6.45) is 4.08. The molecule has 0 atom stereocenters. The maximum atomic E-state index is 5.74. The van der Waals surface area contributed by atoms with Crippen LogP contribution in [-0.2, 0) is 6.42 Å². The van der Waals surface area contributed by atoms with Gasteiger partial charge in [-0.25, -0.2) is 4.98 Å². The van der Waals surface area contributed by atoms with Gasteiger partial charge in [0.25, 0.3) is 0 Å². The molecule has 106 valence electrons. The summed E-state index contributed by atoms with van der Waals surface area (Å²) in [7, 11) is 0. The summed E-state index contributed by atoms with van der Waals surface area (Å²) in [6, 6.07) is 14.4. The molecule has 0 bridgehead atoms. The number of aryl methyl sites for hydroxylation is 1. The molecule has 0 radical (unpaired) electrons. The predicted octanol–water partition coefficient (Wildman–Crippen LogP) is 3.91. The fourth-order valence-electron chi connectivity index (χ4n) is 2.02. The molecular weight excluding hydrogens is 248 g/mol. The van der Waals surface area contributed by atoms with Gasteiger partial charge in [0, 0.05) is 12.7 Å². The number of rotatable bonds is 7. The summed E-state index contributed by atoms with van der Waals surface area (Å²) in [5, 5.41) is 3.35. The molecule has 2 aromatic rings. The quantitative estimate of drug-likeness (QED) is 0.774. The highest BCUT2D eigenvalue weighted by Gasteiger charge is 2.05. The van der Waals surface area contributed by atoms with Crippen LogP contribution < -0.4 is 10.1 Å². The lowest BCUT2D eigenvalue weighted by atomic mass is 10.1. The summed E-state index contributed by atoms with van der Waals surface area (Å²) in [5.74, 6) is 1.65. The number of nitrogens with one attached hydrogen (secondary N) is 1. The first kappa shape index (κ1) is 14.4. The Kier molecular flexibility index (Phi) is 5.42. The molecule has 3 heteroatoms. The maximum Gasteiger partial charge on any atom is 0.168 e. The number of benzene rings is 1. The summed E-state index contributed by atoms with van der Waals surface area (Å²) in [4.78, 5) is 4.34. The second kappa shape index (κ2) is 7.53. The monoisotopic (exact) mass is 270 g/mol. The van der Waals surface area contributed by atoms with Crippen LogP contribution in [0.15, 0.2) is 48.7 Å². The number of nitrogens with zero attached hydrogens (tertiary/aromatic N) is 1. The van der Waals surface area contributed by atoms with E-state index in [9.17, 15) is 0 Å². The third-order valence-corrected chi connectivity index (χ3v) is 2.91. The van der Waals surface area contributed by atoms with Crippen LogP contribution in [0.4, 0.5) is 5.82 Å². The van der Waals surface area contributed by atoms with Gasteiger partial charge in [0.15, 0.2) is 11.6 Å². The van der Waals surface area contributed by atoms with Crippen molar-refractivity contribution in [3.63, 3.8) is 0 Å². The Balaban J connectivity index is 1.82. The second-order valence-electron chi connectivity index (χ2n) is 5.03. The van der Waals surface area contributed by atoms with Crippen LogP contribution in [0.5, 0.6) is 5.75 Å². The molecule has 0 spiro atoms. The molecule has 1 aromatic heterocycles. The lowest BCUT2D eigenvalue weighted by molar-refractivity contribution is 0.243. The highest BCUT2D eigenvalue weighted by Crippen LogP contribution is 2.22. The third kappa shape index (κ3) is 4.57. The van der Waals surface area contributed by atoms with Gasteiger partial charge < -0.3 is 10.1 Å². The lowest BCUT2D eigenvalue weighted by Crippen LogP contribution is -2.10. The van der Waals surface area contributed by atoms with E-state index in [-0.39, 0.29) is 6.10 Å². The minimum Gasteiger partial charge on any atom is -0.487 e. The van der Waals surface area contributed by atoms with Crippen molar-refractivity contribution in [2.45, 2.75) is 32.8 Å².